The van der Waals surface area contributed by atoms with Crippen molar-refractivity contribution >= 4 is 46.1 Å². The first-order valence-corrected chi connectivity index (χ1v) is 9.02. The van der Waals surface area contributed by atoms with Gasteiger partial charge in [-0.1, -0.05) is 65.7 Å². The van der Waals surface area contributed by atoms with E-state index in [1.165, 1.54) is 0 Å². The lowest BCUT2D eigenvalue weighted by atomic mass is 10.2. The van der Waals surface area contributed by atoms with Gasteiger partial charge in [-0.05, 0) is 35.9 Å². The van der Waals surface area contributed by atoms with Gasteiger partial charge in [-0.3, -0.25) is 5.43 Å². The molecule has 3 aromatic carbocycles. The van der Waals surface area contributed by atoms with Crippen LogP contribution in [0.4, 0.5) is 5.82 Å². The maximum atomic E-state index is 6.15. The number of benzene rings is 3. The smallest absolute Gasteiger partial charge is 0.162 e. The zero-order chi connectivity index (χ0) is 18.6. The van der Waals surface area contributed by atoms with Crippen LogP contribution in [0.2, 0.25) is 10.0 Å². The van der Waals surface area contributed by atoms with E-state index >= 15 is 0 Å². The number of hydrazone groups is 1. The Morgan fingerprint density at radius 3 is 2.41 bits per heavy atom. The molecule has 0 radical (unpaired) electrons. The van der Waals surface area contributed by atoms with Crippen LogP contribution in [-0.2, 0) is 0 Å². The van der Waals surface area contributed by atoms with Crippen LogP contribution in [0, 0.1) is 0 Å². The highest BCUT2D eigenvalue weighted by Crippen LogP contribution is 2.29. The summed E-state index contributed by atoms with van der Waals surface area (Å²) in [6.07, 6.45) is 1.75. The number of hydrogen-bond donors (Lipinski definition) is 1. The van der Waals surface area contributed by atoms with Gasteiger partial charge in [0.05, 0.1) is 21.8 Å². The molecule has 0 saturated carbocycles. The fraction of sp³-hybridized carbons (Fsp3) is 0. The Balaban J connectivity index is 1.74. The molecule has 0 saturated heterocycles. The van der Waals surface area contributed by atoms with E-state index in [1.54, 1.807) is 18.3 Å². The third-order valence-electron chi connectivity index (χ3n) is 3.96. The topological polar surface area (TPSA) is 50.2 Å². The molecule has 0 spiro atoms. The second-order valence-electron chi connectivity index (χ2n) is 5.82. The summed E-state index contributed by atoms with van der Waals surface area (Å²) >= 11 is 12.2. The van der Waals surface area contributed by atoms with E-state index in [1.807, 2.05) is 60.7 Å². The Bertz CT molecular complexity index is 1130. The average molecular weight is 393 g/mol. The molecule has 1 aromatic heterocycles. The zero-order valence-electron chi connectivity index (χ0n) is 14.1. The van der Waals surface area contributed by atoms with Gasteiger partial charge in [0.15, 0.2) is 11.6 Å². The van der Waals surface area contributed by atoms with E-state index in [0.29, 0.717) is 21.7 Å². The van der Waals surface area contributed by atoms with E-state index < -0.39 is 0 Å². The van der Waals surface area contributed by atoms with Gasteiger partial charge in [-0.2, -0.15) is 5.10 Å². The van der Waals surface area contributed by atoms with Gasteiger partial charge >= 0.3 is 0 Å². The van der Waals surface area contributed by atoms with Gasteiger partial charge in [0.2, 0.25) is 0 Å². The Morgan fingerprint density at radius 1 is 0.815 bits per heavy atom. The van der Waals surface area contributed by atoms with Gasteiger partial charge in [-0.25, -0.2) is 9.97 Å². The summed E-state index contributed by atoms with van der Waals surface area (Å²) in [5, 5.41) is 6.15. The third kappa shape index (κ3) is 3.92. The first-order valence-electron chi connectivity index (χ1n) is 8.27. The molecule has 0 aliphatic heterocycles. The fourth-order valence-electron chi connectivity index (χ4n) is 2.63. The minimum Gasteiger partial charge on any atom is -0.261 e. The first-order chi connectivity index (χ1) is 13.2. The van der Waals surface area contributed by atoms with Crippen molar-refractivity contribution in [2.75, 3.05) is 5.43 Å². The number of para-hydroxylation sites is 1. The molecule has 0 unspecified atom stereocenters. The van der Waals surface area contributed by atoms with Crippen LogP contribution in [0.3, 0.4) is 0 Å². The minimum absolute atomic E-state index is 0.461. The van der Waals surface area contributed by atoms with Crippen molar-refractivity contribution in [3.05, 3.63) is 88.4 Å². The van der Waals surface area contributed by atoms with Crippen LogP contribution < -0.4 is 5.43 Å². The number of halogens is 2. The summed E-state index contributed by atoms with van der Waals surface area (Å²) in [6, 6.07) is 22.9. The van der Waals surface area contributed by atoms with E-state index in [9.17, 15) is 0 Å². The van der Waals surface area contributed by atoms with Crippen LogP contribution in [0.15, 0.2) is 77.9 Å². The quantitative estimate of drug-likeness (QED) is 0.339. The minimum atomic E-state index is 0.461. The molecular formula is C21H14Cl2N4. The highest BCUT2D eigenvalue weighted by Gasteiger charge is 2.10. The summed E-state index contributed by atoms with van der Waals surface area (Å²) in [6.45, 7) is 0. The van der Waals surface area contributed by atoms with Crippen LogP contribution >= 0.6 is 23.2 Å². The summed E-state index contributed by atoms with van der Waals surface area (Å²) in [5.74, 6) is 1.17. The molecule has 0 aliphatic rings. The van der Waals surface area contributed by atoms with Gasteiger partial charge in [-0.15, -0.1) is 0 Å². The Labute approximate surface area is 166 Å². The van der Waals surface area contributed by atoms with Gasteiger partial charge < -0.3 is 0 Å². The molecular weight excluding hydrogens is 379 g/mol. The summed E-state index contributed by atoms with van der Waals surface area (Å²) in [7, 11) is 0. The van der Waals surface area contributed by atoms with Gasteiger partial charge in [0, 0.05) is 10.9 Å². The third-order valence-corrected chi connectivity index (χ3v) is 4.70. The number of nitrogens with zero attached hydrogens (tertiary/aromatic N) is 3. The second-order valence-corrected chi connectivity index (χ2v) is 6.64. The molecule has 0 fully saturated rings. The largest absolute Gasteiger partial charge is 0.261 e. The molecule has 4 rings (SSSR count). The molecule has 4 nitrogen and oxygen atoms in total. The predicted octanol–water partition coefficient (Wildman–Crippen LogP) is 6.05. The number of anilines is 1. The highest BCUT2D eigenvalue weighted by molar-refractivity contribution is 6.42. The molecule has 132 valence electrons. The monoisotopic (exact) mass is 392 g/mol. The number of hydrogen-bond acceptors (Lipinski definition) is 4. The number of rotatable bonds is 4. The molecule has 0 atom stereocenters. The van der Waals surface area contributed by atoms with Crippen LogP contribution in [0.25, 0.3) is 22.3 Å². The summed E-state index contributed by atoms with van der Waals surface area (Å²) in [4.78, 5) is 9.27. The molecule has 27 heavy (non-hydrogen) atoms. The molecule has 0 bridgehead atoms. The molecule has 0 amide bonds. The normalized spacial score (nSPS) is 11.2. The standard InChI is InChI=1S/C21H14Cl2N4/c22-17-11-10-15(12-18(17)23)20-25-19-9-5-4-8-16(19)21(26-20)27-24-13-14-6-2-1-3-7-14/h1-13H,(H,25,26,27)/b24-13+. The fourth-order valence-corrected chi connectivity index (χ4v) is 2.93. The van der Waals surface area contributed by atoms with Crippen molar-refractivity contribution in [2.45, 2.75) is 0 Å². The van der Waals surface area contributed by atoms with Crippen molar-refractivity contribution in [2.24, 2.45) is 5.10 Å². The summed E-state index contributed by atoms with van der Waals surface area (Å²) < 4.78 is 0. The second kappa shape index (κ2) is 7.74. The lowest BCUT2D eigenvalue weighted by molar-refractivity contribution is 1.19. The highest BCUT2D eigenvalue weighted by atomic mass is 35.5. The molecule has 6 heteroatoms. The Hall–Kier alpha value is -2.95. The number of aromatic nitrogens is 2. The van der Waals surface area contributed by atoms with Crippen LogP contribution in [-0.4, -0.2) is 16.2 Å². The van der Waals surface area contributed by atoms with E-state index in [2.05, 4.69) is 20.5 Å². The van der Waals surface area contributed by atoms with E-state index in [0.717, 1.165) is 22.0 Å². The lowest BCUT2D eigenvalue weighted by Gasteiger charge is -2.09. The Morgan fingerprint density at radius 2 is 1.59 bits per heavy atom. The lowest BCUT2D eigenvalue weighted by Crippen LogP contribution is -1.99. The maximum absolute atomic E-state index is 6.15. The van der Waals surface area contributed by atoms with Crippen LogP contribution in [0.5, 0.6) is 0 Å². The van der Waals surface area contributed by atoms with Crippen molar-refractivity contribution in [3.63, 3.8) is 0 Å². The van der Waals surface area contributed by atoms with Crippen molar-refractivity contribution < 1.29 is 0 Å². The van der Waals surface area contributed by atoms with Gasteiger partial charge in [0.1, 0.15) is 0 Å². The average Bonchev–Trinajstić information content (AvgIpc) is 2.70. The van der Waals surface area contributed by atoms with Gasteiger partial charge in [0.25, 0.3) is 0 Å². The maximum Gasteiger partial charge on any atom is 0.162 e. The SMILES string of the molecule is Clc1ccc(-c2nc(N/N=C/c3ccccc3)c3ccccc3n2)cc1Cl. The zero-order valence-corrected chi connectivity index (χ0v) is 15.6. The number of fused-ring (bicyclic) bond motifs is 1. The van der Waals surface area contributed by atoms with E-state index in [-0.39, 0.29) is 0 Å². The number of nitrogens with one attached hydrogen (secondary N) is 1. The van der Waals surface area contributed by atoms with Crippen molar-refractivity contribution in [1.29, 1.82) is 0 Å². The predicted molar refractivity (Wildman–Crippen MR) is 113 cm³/mol. The molecule has 1 N–H and O–H groups in total. The van der Waals surface area contributed by atoms with Crippen molar-refractivity contribution in [1.82, 2.24) is 9.97 Å². The molecule has 1 heterocycles. The molecule has 0 aliphatic carbocycles. The van der Waals surface area contributed by atoms with E-state index in [4.69, 9.17) is 23.2 Å². The van der Waals surface area contributed by atoms with Crippen molar-refractivity contribution in [3.8, 4) is 11.4 Å². The first kappa shape index (κ1) is 17.5. The Kier molecular flexibility index (Phi) is 5.01. The summed E-state index contributed by atoms with van der Waals surface area (Å²) in [5.41, 5.74) is 5.62. The van der Waals surface area contributed by atoms with Crippen LogP contribution in [0.1, 0.15) is 5.56 Å². The molecule has 4 aromatic rings.